The average molecular weight is 355 g/mol. The van der Waals surface area contributed by atoms with Gasteiger partial charge in [0, 0.05) is 6.07 Å². The molecule has 3 aromatic rings. The maximum atomic E-state index is 12.1. The van der Waals surface area contributed by atoms with Gasteiger partial charge in [-0.05, 0) is 18.6 Å². The topological polar surface area (TPSA) is 59.3 Å². The largest absolute Gasteiger partial charge is 0.378 e. The maximum absolute atomic E-state index is 12.1. The second-order valence-corrected chi connectivity index (χ2v) is 6.41. The first-order chi connectivity index (χ1) is 10.6. The van der Waals surface area contributed by atoms with Crippen molar-refractivity contribution in [2.75, 3.05) is 5.32 Å². The molecule has 2 aromatic heterocycles. The van der Waals surface area contributed by atoms with Crippen LogP contribution in [0, 0.1) is 0 Å². The Labute approximate surface area is 140 Å². The molecule has 0 spiro atoms. The third kappa shape index (κ3) is 2.95. The highest BCUT2D eigenvalue weighted by molar-refractivity contribution is 7.16. The summed E-state index contributed by atoms with van der Waals surface area (Å²) in [5.74, 6) is 0. The van der Waals surface area contributed by atoms with Gasteiger partial charge in [0.15, 0.2) is 0 Å². The minimum absolute atomic E-state index is 0.185. The average Bonchev–Trinajstić information content (AvgIpc) is 2.92. The van der Waals surface area contributed by atoms with E-state index in [1.165, 1.54) is 21.9 Å². The minimum Gasteiger partial charge on any atom is -0.378 e. The zero-order chi connectivity index (χ0) is 15.7. The van der Waals surface area contributed by atoms with Crippen LogP contribution in [-0.4, -0.2) is 14.6 Å². The van der Waals surface area contributed by atoms with Crippen molar-refractivity contribution < 1.29 is 0 Å². The van der Waals surface area contributed by atoms with Crippen molar-refractivity contribution in [2.45, 2.75) is 19.9 Å². The Morgan fingerprint density at radius 1 is 1.36 bits per heavy atom. The summed E-state index contributed by atoms with van der Waals surface area (Å²) in [6.45, 7) is 2.37. The molecule has 1 N–H and O–H groups in total. The van der Waals surface area contributed by atoms with Gasteiger partial charge in [-0.25, -0.2) is 4.98 Å². The molecule has 0 unspecified atom stereocenters. The molecule has 0 atom stereocenters. The van der Waals surface area contributed by atoms with Crippen LogP contribution in [0.5, 0.6) is 0 Å². The van der Waals surface area contributed by atoms with Crippen molar-refractivity contribution in [1.82, 2.24) is 14.6 Å². The zero-order valence-electron chi connectivity index (χ0n) is 11.6. The van der Waals surface area contributed by atoms with Crippen LogP contribution in [0.15, 0.2) is 29.1 Å². The van der Waals surface area contributed by atoms with Gasteiger partial charge in [-0.2, -0.15) is 9.61 Å². The Kier molecular flexibility index (Phi) is 4.33. The van der Waals surface area contributed by atoms with Gasteiger partial charge < -0.3 is 5.32 Å². The zero-order valence-corrected chi connectivity index (χ0v) is 14.0. The lowest BCUT2D eigenvalue weighted by Crippen LogP contribution is -2.16. The second kappa shape index (κ2) is 6.24. The van der Waals surface area contributed by atoms with E-state index >= 15 is 0 Å². The third-order valence-corrected chi connectivity index (χ3v) is 4.93. The van der Waals surface area contributed by atoms with E-state index < -0.39 is 0 Å². The van der Waals surface area contributed by atoms with Crippen molar-refractivity contribution in [3.8, 4) is 0 Å². The van der Waals surface area contributed by atoms with E-state index in [-0.39, 0.29) is 5.56 Å². The van der Waals surface area contributed by atoms with Gasteiger partial charge >= 0.3 is 0 Å². The second-order valence-electron chi connectivity index (χ2n) is 4.58. The molecule has 0 aliphatic heterocycles. The fourth-order valence-corrected chi connectivity index (χ4v) is 3.18. The third-order valence-electron chi connectivity index (χ3n) is 3.05. The van der Waals surface area contributed by atoms with E-state index in [9.17, 15) is 4.79 Å². The minimum atomic E-state index is -0.185. The molecule has 0 fully saturated rings. The van der Waals surface area contributed by atoms with Crippen LogP contribution in [0.2, 0.25) is 10.0 Å². The molecule has 5 nitrogen and oxygen atoms in total. The maximum Gasteiger partial charge on any atom is 0.275 e. The van der Waals surface area contributed by atoms with Gasteiger partial charge in [-0.15, -0.1) is 0 Å². The molecule has 0 radical (unpaired) electrons. The Bertz CT molecular complexity index is 890. The molecule has 0 aliphatic carbocycles. The number of aromatic nitrogens is 3. The summed E-state index contributed by atoms with van der Waals surface area (Å²) in [5.41, 5.74) is 1.15. The molecule has 0 bridgehead atoms. The Balaban J connectivity index is 1.88. The van der Waals surface area contributed by atoms with Gasteiger partial charge in [0.25, 0.3) is 5.56 Å². The van der Waals surface area contributed by atoms with E-state index in [1.807, 2.05) is 13.0 Å². The molecule has 8 heteroatoms. The van der Waals surface area contributed by atoms with Gasteiger partial charge in [0.2, 0.25) is 4.96 Å². The highest BCUT2D eigenvalue weighted by Crippen LogP contribution is 2.29. The van der Waals surface area contributed by atoms with E-state index in [1.54, 1.807) is 12.1 Å². The molecular formula is C14H12Cl2N4OS. The normalized spacial score (nSPS) is 11.0. The lowest BCUT2D eigenvalue weighted by Gasteiger charge is -2.08. The summed E-state index contributed by atoms with van der Waals surface area (Å²) in [7, 11) is 0. The molecule has 114 valence electrons. The first kappa shape index (κ1) is 15.3. The molecular weight excluding hydrogens is 343 g/mol. The van der Waals surface area contributed by atoms with Crippen LogP contribution in [0.1, 0.15) is 17.6 Å². The number of anilines is 1. The van der Waals surface area contributed by atoms with Crippen molar-refractivity contribution in [3.63, 3.8) is 0 Å². The van der Waals surface area contributed by atoms with E-state index in [0.717, 1.165) is 11.4 Å². The van der Waals surface area contributed by atoms with E-state index in [0.29, 0.717) is 32.9 Å². The summed E-state index contributed by atoms with van der Waals surface area (Å²) in [5, 5.41) is 9.17. The van der Waals surface area contributed by atoms with Crippen molar-refractivity contribution in [3.05, 3.63) is 55.4 Å². The fraction of sp³-hybridized carbons (Fsp3) is 0.214. The van der Waals surface area contributed by atoms with Crippen molar-refractivity contribution >= 4 is 45.2 Å². The molecule has 0 aliphatic rings. The van der Waals surface area contributed by atoms with Crippen LogP contribution in [0.4, 0.5) is 5.69 Å². The van der Waals surface area contributed by atoms with Crippen molar-refractivity contribution in [2.24, 2.45) is 0 Å². The summed E-state index contributed by atoms with van der Waals surface area (Å²) in [6.07, 6.45) is 0.777. The Hall–Kier alpha value is -1.63. The number of nitrogens with one attached hydrogen (secondary N) is 1. The lowest BCUT2D eigenvalue weighted by molar-refractivity contribution is 0.846. The highest BCUT2D eigenvalue weighted by atomic mass is 35.5. The van der Waals surface area contributed by atoms with Crippen LogP contribution in [0.3, 0.4) is 0 Å². The summed E-state index contributed by atoms with van der Waals surface area (Å²) < 4.78 is 1.33. The Morgan fingerprint density at radius 2 is 2.18 bits per heavy atom. The molecule has 0 amide bonds. The highest BCUT2D eigenvalue weighted by Gasteiger charge is 2.09. The summed E-state index contributed by atoms with van der Waals surface area (Å²) in [6, 6.07) is 6.81. The first-order valence-electron chi connectivity index (χ1n) is 6.65. The molecule has 0 saturated carbocycles. The monoisotopic (exact) mass is 354 g/mol. The van der Waals surface area contributed by atoms with Crippen molar-refractivity contribution in [1.29, 1.82) is 0 Å². The van der Waals surface area contributed by atoms with Gasteiger partial charge in [0.1, 0.15) is 5.01 Å². The number of aryl methyl sites for hydroxylation is 1. The van der Waals surface area contributed by atoms with Gasteiger partial charge in [-0.3, -0.25) is 4.79 Å². The Morgan fingerprint density at radius 3 is 2.95 bits per heavy atom. The standard InChI is InChI=1S/C14H12Cl2N4OS/c1-2-11-19-20-12(21)6-8(18-14(20)22-11)7-17-10-5-3-4-9(15)13(10)16/h3-6,17H,2,7H2,1H3. The first-order valence-corrected chi connectivity index (χ1v) is 8.22. The number of fused-ring (bicyclic) bond motifs is 1. The number of nitrogens with zero attached hydrogens (tertiary/aromatic N) is 3. The SMILES string of the molecule is CCc1nn2c(=O)cc(CNc3cccc(Cl)c3Cl)nc2s1. The number of rotatable bonds is 4. The molecule has 1 aromatic carbocycles. The molecule has 2 heterocycles. The molecule has 0 saturated heterocycles. The fourth-order valence-electron chi connectivity index (χ4n) is 1.96. The van der Waals surface area contributed by atoms with E-state index in [2.05, 4.69) is 15.4 Å². The molecule has 3 rings (SSSR count). The quantitative estimate of drug-likeness (QED) is 0.776. The van der Waals surface area contributed by atoms with Crippen LogP contribution in [0.25, 0.3) is 4.96 Å². The van der Waals surface area contributed by atoms with Crippen LogP contribution < -0.4 is 10.9 Å². The predicted molar refractivity (Wildman–Crippen MR) is 90.3 cm³/mol. The lowest BCUT2D eigenvalue weighted by atomic mass is 10.3. The number of hydrogen-bond donors (Lipinski definition) is 1. The number of hydrogen-bond acceptors (Lipinski definition) is 5. The number of benzene rings is 1. The van der Waals surface area contributed by atoms with Crippen LogP contribution in [-0.2, 0) is 13.0 Å². The smallest absolute Gasteiger partial charge is 0.275 e. The molecule has 22 heavy (non-hydrogen) atoms. The van der Waals surface area contributed by atoms with E-state index in [4.69, 9.17) is 23.2 Å². The predicted octanol–water partition coefficient (Wildman–Crippen LogP) is 3.63. The van der Waals surface area contributed by atoms with Gasteiger partial charge in [0.05, 0.1) is 28.0 Å². The summed E-state index contributed by atoms with van der Waals surface area (Å²) >= 11 is 13.5. The van der Waals surface area contributed by atoms with Gasteiger partial charge in [-0.1, -0.05) is 47.5 Å². The number of halogens is 2. The summed E-state index contributed by atoms with van der Waals surface area (Å²) in [4.78, 5) is 17.1. The van der Waals surface area contributed by atoms with Crippen LogP contribution >= 0.6 is 34.5 Å².